The van der Waals surface area contributed by atoms with Crippen LogP contribution in [-0.4, -0.2) is 60.3 Å². The Balaban J connectivity index is 2.00. The fourth-order valence-corrected chi connectivity index (χ4v) is 2.33. The highest BCUT2D eigenvalue weighted by atomic mass is 16.3. The maximum absolute atomic E-state index is 9.75. The van der Waals surface area contributed by atoms with Crippen LogP contribution in [0.1, 0.15) is 12.8 Å². The highest BCUT2D eigenvalue weighted by Gasteiger charge is 2.33. The van der Waals surface area contributed by atoms with Crippen LogP contribution in [0.25, 0.3) is 0 Å². The molecule has 2 fully saturated rings. The third-order valence-electron chi connectivity index (χ3n) is 3.13. The molecule has 3 heteroatoms. The van der Waals surface area contributed by atoms with Gasteiger partial charge in [0.25, 0.3) is 0 Å². The van der Waals surface area contributed by atoms with Gasteiger partial charge < -0.3 is 10.0 Å². The van der Waals surface area contributed by atoms with Gasteiger partial charge in [-0.3, -0.25) is 4.90 Å². The van der Waals surface area contributed by atoms with Crippen molar-refractivity contribution in [2.45, 2.75) is 25.0 Å². The molecule has 0 aromatic heterocycles. The van der Waals surface area contributed by atoms with Crippen molar-refractivity contribution in [2.24, 2.45) is 0 Å². The van der Waals surface area contributed by atoms with Crippen molar-refractivity contribution in [3.63, 3.8) is 0 Å². The molecule has 0 aliphatic carbocycles. The quantitative estimate of drug-likeness (QED) is 0.543. The molecule has 0 spiro atoms. The Morgan fingerprint density at radius 2 is 2.08 bits per heavy atom. The first-order valence-corrected chi connectivity index (χ1v) is 4.88. The average Bonchev–Trinajstić information content (AvgIpc) is 2.07. The smallest absolute Gasteiger partial charge is 0.0708 e. The molecule has 0 amide bonds. The zero-order valence-electron chi connectivity index (χ0n) is 7.74. The van der Waals surface area contributed by atoms with Gasteiger partial charge in [-0.2, -0.15) is 0 Å². The lowest BCUT2D eigenvalue weighted by atomic mass is 9.97. The van der Waals surface area contributed by atoms with E-state index in [4.69, 9.17) is 0 Å². The van der Waals surface area contributed by atoms with Gasteiger partial charge >= 0.3 is 0 Å². The monoisotopic (exact) mass is 170 g/mol. The average molecular weight is 170 g/mol. The zero-order chi connectivity index (χ0) is 8.55. The molecule has 2 unspecified atom stereocenters. The van der Waals surface area contributed by atoms with E-state index in [-0.39, 0.29) is 6.10 Å². The highest BCUT2D eigenvalue weighted by Crippen LogP contribution is 2.20. The molecule has 2 rings (SSSR count). The fourth-order valence-electron chi connectivity index (χ4n) is 2.33. The van der Waals surface area contributed by atoms with Gasteiger partial charge in [0.1, 0.15) is 0 Å². The van der Waals surface area contributed by atoms with Crippen LogP contribution in [0.3, 0.4) is 0 Å². The van der Waals surface area contributed by atoms with Crippen molar-refractivity contribution in [1.82, 2.24) is 9.80 Å². The van der Waals surface area contributed by atoms with Crippen LogP contribution in [0, 0.1) is 0 Å². The normalized spacial score (nSPS) is 39.5. The molecule has 0 radical (unpaired) electrons. The van der Waals surface area contributed by atoms with Crippen LogP contribution < -0.4 is 0 Å². The standard InChI is InChI=1S/C9H18N2O/c1-10-5-6-11-4-2-3-9(12)8(11)7-10/h8-9,12H,2-7H2,1H3. The molecule has 2 atom stereocenters. The zero-order valence-corrected chi connectivity index (χ0v) is 7.74. The molecule has 3 nitrogen and oxygen atoms in total. The van der Waals surface area contributed by atoms with Gasteiger partial charge in [0.2, 0.25) is 0 Å². The number of hydrogen-bond acceptors (Lipinski definition) is 3. The SMILES string of the molecule is CN1CCN2CCCC(O)C2C1. The minimum absolute atomic E-state index is 0.0819. The minimum Gasteiger partial charge on any atom is -0.391 e. The van der Waals surface area contributed by atoms with E-state index in [2.05, 4.69) is 16.8 Å². The lowest BCUT2D eigenvalue weighted by molar-refractivity contribution is -0.0288. The van der Waals surface area contributed by atoms with Crippen LogP contribution >= 0.6 is 0 Å². The van der Waals surface area contributed by atoms with Crippen LogP contribution in [0.2, 0.25) is 0 Å². The number of piperazine rings is 1. The van der Waals surface area contributed by atoms with Crippen LogP contribution in [0.5, 0.6) is 0 Å². The summed E-state index contributed by atoms with van der Waals surface area (Å²) < 4.78 is 0. The second-order valence-corrected chi connectivity index (χ2v) is 4.08. The van der Waals surface area contributed by atoms with Crippen molar-refractivity contribution in [3.8, 4) is 0 Å². The van der Waals surface area contributed by atoms with Gasteiger partial charge in [-0.05, 0) is 26.4 Å². The Morgan fingerprint density at radius 3 is 2.92 bits per heavy atom. The van der Waals surface area contributed by atoms with E-state index in [9.17, 15) is 5.11 Å². The van der Waals surface area contributed by atoms with Crippen molar-refractivity contribution >= 4 is 0 Å². The molecular weight excluding hydrogens is 152 g/mol. The number of rotatable bonds is 0. The highest BCUT2D eigenvalue weighted by molar-refractivity contribution is 4.89. The first kappa shape index (κ1) is 8.48. The van der Waals surface area contributed by atoms with Gasteiger partial charge in [-0.1, -0.05) is 0 Å². The summed E-state index contributed by atoms with van der Waals surface area (Å²) in [5.74, 6) is 0. The van der Waals surface area contributed by atoms with E-state index in [0.29, 0.717) is 6.04 Å². The molecule has 0 bridgehead atoms. The number of aliphatic hydroxyl groups is 1. The van der Waals surface area contributed by atoms with Crippen LogP contribution in [0.4, 0.5) is 0 Å². The number of piperidine rings is 1. The Bertz CT molecular complexity index is 163. The van der Waals surface area contributed by atoms with Crippen molar-refractivity contribution in [2.75, 3.05) is 33.2 Å². The number of aliphatic hydroxyl groups excluding tert-OH is 1. The summed E-state index contributed by atoms with van der Waals surface area (Å²) >= 11 is 0. The molecule has 1 N–H and O–H groups in total. The first-order valence-electron chi connectivity index (χ1n) is 4.88. The van der Waals surface area contributed by atoms with Crippen LogP contribution in [0.15, 0.2) is 0 Å². The van der Waals surface area contributed by atoms with Gasteiger partial charge in [0, 0.05) is 25.7 Å². The summed E-state index contributed by atoms with van der Waals surface area (Å²) in [6.45, 7) is 4.53. The second-order valence-electron chi connectivity index (χ2n) is 4.08. The summed E-state index contributed by atoms with van der Waals surface area (Å²) in [6, 6.07) is 0.414. The van der Waals surface area contributed by atoms with Gasteiger partial charge in [0.05, 0.1) is 6.10 Å². The number of fused-ring (bicyclic) bond motifs is 1. The third-order valence-corrected chi connectivity index (χ3v) is 3.13. The maximum atomic E-state index is 9.75. The molecule has 70 valence electrons. The fraction of sp³-hybridized carbons (Fsp3) is 1.00. The molecule has 2 heterocycles. The van der Waals surface area contributed by atoms with E-state index in [0.717, 1.165) is 26.1 Å². The predicted octanol–water partition coefficient (Wildman–Crippen LogP) is -0.243. The summed E-state index contributed by atoms with van der Waals surface area (Å²) in [5.41, 5.74) is 0. The van der Waals surface area contributed by atoms with E-state index in [1.165, 1.54) is 13.0 Å². The van der Waals surface area contributed by atoms with Gasteiger partial charge in [0.15, 0.2) is 0 Å². The molecule has 0 saturated carbocycles. The Kier molecular flexibility index (Phi) is 2.35. The lowest BCUT2D eigenvalue weighted by Crippen LogP contribution is -2.58. The molecule has 0 aromatic rings. The molecular formula is C9H18N2O. The van der Waals surface area contributed by atoms with E-state index in [1.807, 2.05) is 0 Å². The second kappa shape index (κ2) is 3.32. The summed E-state index contributed by atoms with van der Waals surface area (Å²) in [5, 5.41) is 9.75. The third kappa shape index (κ3) is 1.49. The minimum atomic E-state index is -0.0819. The lowest BCUT2D eigenvalue weighted by Gasteiger charge is -2.45. The van der Waals surface area contributed by atoms with Crippen molar-refractivity contribution in [1.29, 1.82) is 0 Å². The maximum Gasteiger partial charge on any atom is 0.0708 e. The summed E-state index contributed by atoms with van der Waals surface area (Å²) in [6.07, 6.45) is 2.08. The van der Waals surface area contributed by atoms with Gasteiger partial charge in [-0.15, -0.1) is 0 Å². The molecule has 12 heavy (non-hydrogen) atoms. The van der Waals surface area contributed by atoms with E-state index < -0.39 is 0 Å². The van der Waals surface area contributed by atoms with Crippen molar-refractivity contribution in [3.05, 3.63) is 0 Å². The van der Waals surface area contributed by atoms with E-state index >= 15 is 0 Å². The topological polar surface area (TPSA) is 26.7 Å². The number of hydrogen-bond donors (Lipinski definition) is 1. The largest absolute Gasteiger partial charge is 0.391 e. The summed E-state index contributed by atoms with van der Waals surface area (Å²) in [4.78, 5) is 4.75. The summed E-state index contributed by atoms with van der Waals surface area (Å²) in [7, 11) is 2.14. The molecule has 2 aliphatic rings. The molecule has 0 aromatic carbocycles. The van der Waals surface area contributed by atoms with Crippen molar-refractivity contribution < 1.29 is 5.11 Å². The Morgan fingerprint density at radius 1 is 1.25 bits per heavy atom. The first-order chi connectivity index (χ1) is 5.77. The van der Waals surface area contributed by atoms with Gasteiger partial charge in [-0.25, -0.2) is 0 Å². The van der Waals surface area contributed by atoms with Crippen LogP contribution in [-0.2, 0) is 0 Å². The number of likely N-dealkylation sites (N-methyl/N-ethyl adjacent to an activating group) is 1. The van der Waals surface area contributed by atoms with E-state index in [1.54, 1.807) is 0 Å². The Labute approximate surface area is 74.0 Å². The Hall–Kier alpha value is -0.120. The molecule has 2 aliphatic heterocycles. The molecule has 2 saturated heterocycles. The predicted molar refractivity (Wildman–Crippen MR) is 48.1 cm³/mol. The number of nitrogens with zero attached hydrogens (tertiary/aromatic N) is 2.